The van der Waals surface area contributed by atoms with E-state index in [1.54, 1.807) is 0 Å². The summed E-state index contributed by atoms with van der Waals surface area (Å²) in [5.41, 5.74) is 4.59. The average Bonchev–Trinajstić information content (AvgIpc) is 2.92. The lowest BCUT2D eigenvalue weighted by Crippen LogP contribution is -2.56. The van der Waals surface area contributed by atoms with Crippen LogP contribution in [0.3, 0.4) is 0 Å². The molecule has 19 heavy (non-hydrogen) atoms. The summed E-state index contributed by atoms with van der Waals surface area (Å²) < 4.78 is 0. The Hall–Kier alpha value is -0.900. The van der Waals surface area contributed by atoms with E-state index in [-0.39, 0.29) is 11.6 Å². The third-order valence-electron chi connectivity index (χ3n) is 4.70. The maximum absolute atomic E-state index is 5.94. The highest BCUT2D eigenvalue weighted by atomic mass is 15.3. The van der Waals surface area contributed by atoms with Crippen molar-refractivity contribution in [2.75, 3.05) is 13.1 Å². The Labute approximate surface area is 117 Å². The van der Waals surface area contributed by atoms with Crippen LogP contribution in [0.2, 0.25) is 0 Å². The highest BCUT2D eigenvalue weighted by Gasteiger charge is 2.45. The number of likely N-dealkylation sites (N-methyl/N-ethyl adjacent to an activating group) is 1. The lowest BCUT2D eigenvalue weighted by atomic mass is 9.82. The molecule has 0 saturated heterocycles. The van der Waals surface area contributed by atoms with Crippen molar-refractivity contribution in [3.63, 3.8) is 0 Å². The van der Waals surface area contributed by atoms with Gasteiger partial charge in [-0.25, -0.2) is 0 Å². The number of nitrogens with two attached hydrogens (primary N) is 1. The first-order valence-corrected chi connectivity index (χ1v) is 7.54. The summed E-state index contributed by atoms with van der Waals surface area (Å²) in [6.07, 6.45) is 5.08. The normalized spacial score (nSPS) is 19.8. The zero-order valence-corrected chi connectivity index (χ0v) is 12.2. The van der Waals surface area contributed by atoms with Crippen LogP contribution in [0.25, 0.3) is 0 Å². The Morgan fingerprint density at radius 1 is 1.16 bits per heavy atom. The molecule has 1 aromatic carbocycles. The first-order chi connectivity index (χ1) is 9.28. The van der Waals surface area contributed by atoms with E-state index < -0.39 is 0 Å². The number of hydrogen-bond donors (Lipinski definition) is 2. The second kappa shape index (κ2) is 6.51. The Bertz CT molecular complexity index is 367. The zero-order chi connectivity index (χ0) is 13.7. The van der Waals surface area contributed by atoms with Crippen LogP contribution in [0, 0.1) is 0 Å². The smallest absolute Gasteiger partial charge is 0.0643 e. The summed E-state index contributed by atoms with van der Waals surface area (Å²) in [6.45, 7) is 6.67. The van der Waals surface area contributed by atoms with Crippen molar-refractivity contribution in [2.24, 2.45) is 5.84 Å². The Kier molecular flexibility index (Phi) is 4.97. The van der Waals surface area contributed by atoms with Gasteiger partial charge in [0.1, 0.15) is 0 Å². The predicted octanol–water partition coefficient (Wildman–Crippen LogP) is 2.85. The van der Waals surface area contributed by atoms with Crippen molar-refractivity contribution in [2.45, 2.75) is 51.1 Å². The van der Waals surface area contributed by atoms with Crippen LogP contribution in [0.1, 0.15) is 51.1 Å². The summed E-state index contributed by atoms with van der Waals surface area (Å²) in [5.74, 6) is 5.94. The molecule has 1 aliphatic rings. The van der Waals surface area contributed by atoms with Crippen LogP contribution in [0.5, 0.6) is 0 Å². The largest absolute Gasteiger partial charge is 0.296 e. The summed E-state index contributed by atoms with van der Waals surface area (Å²) >= 11 is 0. The van der Waals surface area contributed by atoms with E-state index in [2.05, 4.69) is 54.5 Å². The Morgan fingerprint density at radius 2 is 1.74 bits per heavy atom. The van der Waals surface area contributed by atoms with Crippen molar-refractivity contribution in [1.82, 2.24) is 10.3 Å². The molecule has 0 amide bonds. The maximum Gasteiger partial charge on any atom is 0.0643 e. The standard InChI is InChI=1S/C16H27N3/c1-3-19(4-2)16(12-8-9-13-16)15(18-17)14-10-6-5-7-11-14/h5-7,10-11,15,18H,3-4,8-9,12-13,17H2,1-2H3. The van der Waals surface area contributed by atoms with Gasteiger partial charge < -0.3 is 0 Å². The fourth-order valence-electron chi connectivity index (χ4n) is 3.84. The number of rotatable bonds is 6. The van der Waals surface area contributed by atoms with Gasteiger partial charge in [-0.15, -0.1) is 0 Å². The topological polar surface area (TPSA) is 41.3 Å². The Balaban J connectivity index is 2.36. The summed E-state index contributed by atoms with van der Waals surface area (Å²) in [4.78, 5) is 2.59. The van der Waals surface area contributed by atoms with E-state index in [4.69, 9.17) is 5.84 Å². The molecule has 1 atom stereocenters. The van der Waals surface area contributed by atoms with E-state index in [1.165, 1.54) is 31.2 Å². The summed E-state index contributed by atoms with van der Waals surface area (Å²) in [6, 6.07) is 10.9. The quantitative estimate of drug-likeness (QED) is 0.611. The zero-order valence-electron chi connectivity index (χ0n) is 12.2. The van der Waals surface area contributed by atoms with Gasteiger partial charge in [0.15, 0.2) is 0 Å². The maximum atomic E-state index is 5.94. The van der Waals surface area contributed by atoms with Crippen molar-refractivity contribution in [3.8, 4) is 0 Å². The third-order valence-corrected chi connectivity index (χ3v) is 4.70. The number of nitrogens with one attached hydrogen (secondary N) is 1. The molecule has 3 N–H and O–H groups in total. The number of nitrogens with zero attached hydrogens (tertiary/aromatic N) is 1. The Morgan fingerprint density at radius 3 is 2.21 bits per heavy atom. The lowest BCUT2D eigenvalue weighted by Gasteiger charge is -2.46. The average molecular weight is 261 g/mol. The third kappa shape index (κ3) is 2.69. The molecule has 0 heterocycles. The predicted molar refractivity (Wildman–Crippen MR) is 80.6 cm³/mol. The first kappa shape index (κ1) is 14.5. The number of hydrogen-bond acceptors (Lipinski definition) is 3. The second-order valence-corrected chi connectivity index (χ2v) is 5.49. The number of hydrazine groups is 1. The van der Waals surface area contributed by atoms with Crippen LogP contribution in [0.4, 0.5) is 0 Å². The van der Waals surface area contributed by atoms with Gasteiger partial charge in [0, 0.05) is 5.54 Å². The van der Waals surface area contributed by atoms with E-state index in [9.17, 15) is 0 Å². The molecule has 1 aliphatic carbocycles. The van der Waals surface area contributed by atoms with Crippen LogP contribution < -0.4 is 11.3 Å². The van der Waals surface area contributed by atoms with Gasteiger partial charge in [-0.3, -0.25) is 16.2 Å². The molecule has 0 aromatic heterocycles. The number of benzene rings is 1. The van der Waals surface area contributed by atoms with Crippen molar-refractivity contribution >= 4 is 0 Å². The molecule has 1 aromatic rings. The van der Waals surface area contributed by atoms with Gasteiger partial charge in [0.05, 0.1) is 6.04 Å². The van der Waals surface area contributed by atoms with Crippen LogP contribution >= 0.6 is 0 Å². The van der Waals surface area contributed by atoms with Gasteiger partial charge in [-0.2, -0.15) is 0 Å². The highest BCUT2D eigenvalue weighted by molar-refractivity contribution is 5.24. The van der Waals surface area contributed by atoms with E-state index >= 15 is 0 Å². The van der Waals surface area contributed by atoms with Crippen molar-refractivity contribution < 1.29 is 0 Å². The van der Waals surface area contributed by atoms with Crippen LogP contribution in [0.15, 0.2) is 30.3 Å². The summed E-state index contributed by atoms with van der Waals surface area (Å²) in [5, 5.41) is 0. The first-order valence-electron chi connectivity index (χ1n) is 7.54. The minimum Gasteiger partial charge on any atom is -0.296 e. The van der Waals surface area contributed by atoms with Gasteiger partial charge in [0.25, 0.3) is 0 Å². The molecule has 0 bridgehead atoms. The monoisotopic (exact) mass is 261 g/mol. The van der Waals surface area contributed by atoms with Gasteiger partial charge in [-0.05, 0) is 31.5 Å². The molecule has 1 saturated carbocycles. The molecule has 2 rings (SSSR count). The molecule has 0 aliphatic heterocycles. The minimum atomic E-state index is 0.180. The van der Waals surface area contributed by atoms with Crippen molar-refractivity contribution in [1.29, 1.82) is 0 Å². The van der Waals surface area contributed by atoms with Crippen molar-refractivity contribution in [3.05, 3.63) is 35.9 Å². The fourth-order valence-corrected chi connectivity index (χ4v) is 3.84. The molecular weight excluding hydrogens is 234 g/mol. The fraction of sp³-hybridized carbons (Fsp3) is 0.625. The molecule has 3 heteroatoms. The minimum absolute atomic E-state index is 0.180. The van der Waals surface area contributed by atoms with Crippen LogP contribution in [-0.4, -0.2) is 23.5 Å². The van der Waals surface area contributed by atoms with E-state index in [0.29, 0.717) is 0 Å². The second-order valence-electron chi connectivity index (χ2n) is 5.49. The molecule has 1 unspecified atom stereocenters. The SMILES string of the molecule is CCN(CC)C1(C(NN)c2ccccc2)CCCC1. The molecule has 106 valence electrons. The summed E-state index contributed by atoms with van der Waals surface area (Å²) in [7, 11) is 0. The van der Waals surface area contributed by atoms with E-state index in [0.717, 1.165) is 13.1 Å². The van der Waals surface area contributed by atoms with Gasteiger partial charge >= 0.3 is 0 Å². The molecule has 1 fully saturated rings. The molecule has 3 nitrogen and oxygen atoms in total. The highest BCUT2D eigenvalue weighted by Crippen LogP contribution is 2.44. The van der Waals surface area contributed by atoms with Crippen LogP contribution in [-0.2, 0) is 0 Å². The lowest BCUT2D eigenvalue weighted by molar-refractivity contribution is 0.0626. The molecule has 0 spiro atoms. The van der Waals surface area contributed by atoms with Gasteiger partial charge in [-0.1, -0.05) is 57.0 Å². The molecule has 0 radical (unpaired) electrons. The van der Waals surface area contributed by atoms with E-state index in [1.807, 2.05) is 0 Å². The van der Waals surface area contributed by atoms with Gasteiger partial charge in [0.2, 0.25) is 0 Å². The molecular formula is C16H27N3.